The van der Waals surface area contributed by atoms with E-state index in [1.807, 2.05) is 30.3 Å². The summed E-state index contributed by atoms with van der Waals surface area (Å²) >= 11 is 0. The first-order valence-electron chi connectivity index (χ1n) is 12.1. The lowest BCUT2D eigenvalue weighted by Gasteiger charge is -2.18. The van der Waals surface area contributed by atoms with Crippen LogP contribution in [0.1, 0.15) is 48.4 Å². The Morgan fingerprint density at radius 1 is 0.714 bits per heavy atom. The molecule has 0 bridgehead atoms. The molecule has 0 aliphatic carbocycles. The molecule has 0 aliphatic rings. The number of hydrogen-bond acceptors (Lipinski definition) is 4. The van der Waals surface area contributed by atoms with Gasteiger partial charge in [0.05, 0.1) is 13.2 Å². The van der Waals surface area contributed by atoms with Crippen molar-refractivity contribution in [3.63, 3.8) is 0 Å². The maximum Gasteiger partial charge on any atom is 0.169 e. The first-order valence-corrected chi connectivity index (χ1v) is 12.1. The third-order valence-electron chi connectivity index (χ3n) is 6.29. The van der Waals surface area contributed by atoms with Crippen LogP contribution in [-0.2, 0) is 22.7 Å². The molecule has 0 aliphatic heterocycles. The van der Waals surface area contributed by atoms with E-state index in [2.05, 4.69) is 63.2 Å². The standard InChI is InChI=1S/C31H34O4/c1-6-22(3)23-11-12-25-18-28(14-13-24(25)17-23)34-29-9-7-8-10-30(29)35-31-26(19-32-4)15-21(2)16-27(31)20-33-5/h7-18,22H,6,19-20H2,1-5H3. The predicted molar refractivity (Wildman–Crippen MR) is 142 cm³/mol. The van der Waals surface area contributed by atoms with Crippen molar-refractivity contribution in [1.29, 1.82) is 0 Å². The highest BCUT2D eigenvalue weighted by Gasteiger charge is 2.16. The zero-order valence-corrected chi connectivity index (χ0v) is 21.3. The summed E-state index contributed by atoms with van der Waals surface area (Å²) in [4.78, 5) is 0. The first kappa shape index (κ1) is 24.8. The molecular formula is C31H34O4. The van der Waals surface area contributed by atoms with Crippen molar-refractivity contribution >= 4 is 10.8 Å². The van der Waals surface area contributed by atoms with E-state index in [-0.39, 0.29) is 0 Å². The SMILES string of the molecule is CCC(C)c1ccc2cc(Oc3ccccc3Oc3c(COC)cc(C)cc3COC)ccc2c1. The number of para-hydroxylation sites is 2. The molecule has 4 nitrogen and oxygen atoms in total. The van der Waals surface area contributed by atoms with Crippen LogP contribution in [0, 0.1) is 6.92 Å². The lowest BCUT2D eigenvalue weighted by Crippen LogP contribution is -2.02. The largest absolute Gasteiger partial charge is 0.453 e. The van der Waals surface area contributed by atoms with Crippen LogP contribution in [0.25, 0.3) is 10.8 Å². The molecule has 1 atom stereocenters. The maximum atomic E-state index is 6.46. The molecule has 0 saturated carbocycles. The van der Waals surface area contributed by atoms with Gasteiger partial charge in [-0.1, -0.05) is 67.9 Å². The van der Waals surface area contributed by atoms with E-state index in [1.165, 1.54) is 10.9 Å². The quantitative estimate of drug-likeness (QED) is 0.233. The first-order chi connectivity index (χ1) is 17.0. The highest BCUT2D eigenvalue weighted by molar-refractivity contribution is 5.84. The number of methoxy groups -OCH3 is 2. The Labute approximate surface area is 208 Å². The van der Waals surface area contributed by atoms with Crippen LogP contribution < -0.4 is 9.47 Å². The number of hydrogen-bond donors (Lipinski definition) is 0. The molecule has 4 aromatic carbocycles. The number of fused-ring (bicyclic) bond motifs is 1. The smallest absolute Gasteiger partial charge is 0.169 e. The lowest BCUT2D eigenvalue weighted by atomic mass is 9.96. The Bertz CT molecular complexity index is 1270. The van der Waals surface area contributed by atoms with E-state index in [4.69, 9.17) is 18.9 Å². The number of aryl methyl sites for hydroxylation is 1. The van der Waals surface area contributed by atoms with Crippen molar-refractivity contribution in [3.8, 4) is 23.0 Å². The molecule has 182 valence electrons. The molecule has 4 aromatic rings. The van der Waals surface area contributed by atoms with Crippen LogP contribution in [0.2, 0.25) is 0 Å². The molecule has 0 N–H and O–H groups in total. The number of ether oxygens (including phenoxy) is 4. The minimum Gasteiger partial charge on any atom is -0.453 e. The van der Waals surface area contributed by atoms with Crippen LogP contribution in [0.5, 0.6) is 23.0 Å². The highest BCUT2D eigenvalue weighted by Crippen LogP contribution is 2.39. The van der Waals surface area contributed by atoms with Crippen LogP contribution >= 0.6 is 0 Å². The molecule has 4 heteroatoms. The van der Waals surface area contributed by atoms with Crippen LogP contribution in [0.3, 0.4) is 0 Å². The molecule has 0 fully saturated rings. The second kappa shape index (κ2) is 11.4. The number of rotatable bonds is 10. The lowest BCUT2D eigenvalue weighted by molar-refractivity contribution is 0.175. The average Bonchev–Trinajstić information content (AvgIpc) is 2.86. The second-order valence-corrected chi connectivity index (χ2v) is 9.01. The zero-order chi connectivity index (χ0) is 24.8. The summed E-state index contributed by atoms with van der Waals surface area (Å²) in [6, 6.07) is 24.8. The maximum absolute atomic E-state index is 6.46. The molecule has 0 spiro atoms. The van der Waals surface area contributed by atoms with Gasteiger partial charge in [-0.25, -0.2) is 0 Å². The molecule has 0 heterocycles. The van der Waals surface area contributed by atoms with Gasteiger partial charge in [-0.15, -0.1) is 0 Å². The minimum absolute atomic E-state index is 0.445. The van der Waals surface area contributed by atoms with Crippen molar-refractivity contribution in [1.82, 2.24) is 0 Å². The fourth-order valence-corrected chi connectivity index (χ4v) is 4.29. The van der Waals surface area contributed by atoms with E-state index >= 15 is 0 Å². The molecule has 0 amide bonds. The summed E-state index contributed by atoms with van der Waals surface area (Å²) in [7, 11) is 3.37. The molecule has 1 unspecified atom stereocenters. The van der Waals surface area contributed by atoms with Crippen LogP contribution in [0.4, 0.5) is 0 Å². The summed E-state index contributed by atoms with van der Waals surface area (Å²) in [6.07, 6.45) is 1.13. The van der Waals surface area contributed by atoms with Gasteiger partial charge in [0.2, 0.25) is 0 Å². The summed E-state index contributed by atoms with van der Waals surface area (Å²) in [5.41, 5.74) is 4.44. The molecular weight excluding hydrogens is 436 g/mol. The van der Waals surface area contributed by atoms with Crippen LogP contribution in [0.15, 0.2) is 72.8 Å². The average molecular weight is 471 g/mol. The molecule has 4 rings (SSSR count). The Balaban J connectivity index is 1.65. The van der Waals surface area contributed by atoms with E-state index in [0.29, 0.717) is 30.6 Å². The molecule has 0 radical (unpaired) electrons. The monoisotopic (exact) mass is 470 g/mol. The van der Waals surface area contributed by atoms with E-state index < -0.39 is 0 Å². The van der Waals surface area contributed by atoms with Gasteiger partial charge in [0.15, 0.2) is 11.5 Å². The minimum atomic E-state index is 0.445. The van der Waals surface area contributed by atoms with Gasteiger partial charge >= 0.3 is 0 Å². The topological polar surface area (TPSA) is 36.9 Å². The Morgan fingerprint density at radius 2 is 1.31 bits per heavy atom. The third kappa shape index (κ3) is 5.84. The highest BCUT2D eigenvalue weighted by atomic mass is 16.5. The van der Waals surface area contributed by atoms with E-state index in [0.717, 1.165) is 40.0 Å². The van der Waals surface area contributed by atoms with Crippen molar-refractivity contribution in [2.75, 3.05) is 14.2 Å². The molecule has 0 aromatic heterocycles. The summed E-state index contributed by atoms with van der Waals surface area (Å²) in [5.74, 6) is 3.34. The van der Waals surface area contributed by atoms with Gasteiger partial charge in [0, 0.05) is 25.3 Å². The van der Waals surface area contributed by atoms with Crippen LogP contribution in [-0.4, -0.2) is 14.2 Å². The van der Waals surface area contributed by atoms with E-state index in [1.54, 1.807) is 14.2 Å². The Morgan fingerprint density at radius 3 is 1.94 bits per heavy atom. The van der Waals surface area contributed by atoms with Gasteiger partial charge in [-0.3, -0.25) is 0 Å². The fraction of sp³-hybridized carbons (Fsp3) is 0.290. The van der Waals surface area contributed by atoms with Gasteiger partial charge < -0.3 is 18.9 Å². The van der Waals surface area contributed by atoms with Crippen molar-refractivity contribution in [2.24, 2.45) is 0 Å². The molecule has 0 saturated heterocycles. The normalized spacial score (nSPS) is 12.0. The van der Waals surface area contributed by atoms with Crippen molar-refractivity contribution in [2.45, 2.75) is 46.3 Å². The summed E-state index contributed by atoms with van der Waals surface area (Å²) in [5, 5.41) is 2.36. The summed E-state index contributed by atoms with van der Waals surface area (Å²) in [6.45, 7) is 7.43. The zero-order valence-electron chi connectivity index (χ0n) is 21.3. The van der Waals surface area contributed by atoms with Gasteiger partial charge in [0.1, 0.15) is 11.5 Å². The Hall–Kier alpha value is -3.34. The molecule has 35 heavy (non-hydrogen) atoms. The Kier molecular flexibility index (Phi) is 8.06. The van der Waals surface area contributed by atoms with Crippen molar-refractivity contribution in [3.05, 3.63) is 95.1 Å². The predicted octanol–water partition coefficient (Wildman–Crippen LogP) is 8.54. The van der Waals surface area contributed by atoms with Gasteiger partial charge in [-0.2, -0.15) is 0 Å². The fourth-order valence-electron chi connectivity index (χ4n) is 4.29. The van der Waals surface area contributed by atoms with Crippen molar-refractivity contribution < 1.29 is 18.9 Å². The van der Waals surface area contributed by atoms with E-state index in [9.17, 15) is 0 Å². The van der Waals surface area contributed by atoms with Gasteiger partial charge in [0.25, 0.3) is 0 Å². The number of benzene rings is 4. The third-order valence-corrected chi connectivity index (χ3v) is 6.29. The van der Waals surface area contributed by atoms with Gasteiger partial charge in [-0.05, 0) is 59.9 Å². The summed E-state index contributed by atoms with van der Waals surface area (Å²) < 4.78 is 23.7. The second-order valence-electron chi connectivity index (χ2n) is 9.01.